The smallest absolute Gasteiger partial charge is 0.143 e. The molecule has 4 nitrogen and oxygen atoms in total. The van der Waals surface area contributed by atoms with Crippen molar-refractivity contribution in [2.75, 3.05) is 13.2 Å². The Bertz CT molecular complexity index is 1030. The maximum Gasteiger partial charge on any atom is 0.143 e. The summed E-state index contributed by atoms with van der Waals surface area (Å²) in [6.07, 6.45) is 5.54. The van der Waals surface area contributed by atoms with Gasteiger partial charge in [-0.2, -0.15) is 0 Å². The van der Waals surface area contributed by atoms with Crippen molar-refractivity contribution in [1.82, 2.24) is 15.3 Å². The summed E-state index contributed by atoms with van der Waals surface area (Å²) >= 11 is 0. The van der Waals surface area contributed by atoms with Crippen molar-refractivity contribution in [3.8, 4) is 16.9 Å². The summed E-state index contributed by atoms with van der Waals surface area (Å²) < 4.78 is 18.9. The molecule has 0 saturated carbocycles. The number of hydrogen-bond acceptors (Lipinski definition) is 3. The molecule has 6 heteroatoms. The van der Waals surface area contributed by atoms with Crippen molar-refractivity contribution in [3.05, 3.63) is 84.6 Å². The van der Waals surface area contributed by atoms with Crippen LogP contribution < -0.4 is 10.1 Å². The van der Waals surface area contributed by atoms with Crippen molar-refractivity contribution >= 4 is 23.3 Å². The monoisotopic (exact) mass is 397 g/mol. The van der Waals surface area contributed by atoms with Gasteiger partial charge in [0.1, 0.15) is 18.2 Å². The van der Waals surface area contributed by atoms with Crippen LogP contribution >= 0.6 is 12.4 Å². The van der Waals surface area contributed by atoms with E-state index in [1.165, 1.54) is 12.1 Å². The highest BCUT2D eigenvalue weighted by molar-refractivity contribution is 5.85. The van der Waals surface area contributed by atoms with Crippen molar-refractivity contribution in [3.63, 3.8) is 0 Å². The van der Waals surface area contributed by atoms with E-state index in [1.54, 1.807) is 18.3 Å². The normalized spacial score (nSPS) is 10.6. The van der Waals surface area contributed by atoms with Gasteiger partial charge < -0.3 is 15.0 Å². The summed E-state index contributed by atoms with van der Waals surface area (Å²) in [7, 11) is 0. The number of rotatable bonds is 7. The number of ether oxygens (including phenoxy) is 1. The fourth-order valence-corrected chi connectivity index (χ4v) is 3.03. The van der Waals surface area contributed by atoms with Crippen LogP contribution in [0.4, 0.5) is 4.39 Å². The SMILES string of the molecule is Cl.Fc1ccc(-c2cncc(CNCCOc3cccc4cc[nH]c34)c2)cc1. The number of nitrogens with zero attached hydrogens (tertiary/aromatic N) is 1. The Labute approximate surface area is 169 Å². The van der Waals surface area contributed by atoms with Gasteiger partial charge >= 0.3 is 0 Å². The summed E-state index contributed by atoms with van der Waals surface area (Å²) in [6.45, 7) is 1.99. The molecule has 0 fully saturated rings. The lowest BCUT2D eigenvalue weighted by molar-refractivity contribution is 0.316. The largest absolute Gasteiger partial charge is 0.490 e. The Balaban J connectivity index is 0.00000225. The second kappa shape index (κ2) is 9.35. The average molecular weight is 398 g/mol. The number of hydrogen-bond donors (Lipinski definition) is 2. The summed E-state index contributed by atoms with van der Waals surface area (Å²) in [5.41, 5.74) is 4.02. The van der Waals surface area contributed by atoms with E-state index in [0.29, 0.717) is 13.2 Å². The Morgan fingerprint density at radius 2 is 1.86 bits per heavy atom. The third-order valence-electron chi connectivity index (χ3n) is 4.39. The van der Waals surface area contributed by atoms with Gasteiger partial charge in [0.25, 0.3) is 0 Å². The Morgan fingerprint density at radius 1 is 1.00 bits per heavy atom. The number of aromatic amines is 1. The molecule has 0 unspecified atom stereocenters. The number of fused-ring (bicyclic) bond motifs is 1. The highest BCUT2D eigenvalue weighted by Crippen LogP contribution is 2.23. The number of nitrogens with one attached hydrogen (secondary N) is 2. The van der Waals surface area contributed by atoms with Crippen LogP contribution in [0.5, 0.6) is 5.75 Å². The van der Waals surface area contributed by atoms with Crippen LogP contribution in [0.2, 0.25) is 0 Å². The van der Waals surface area contributed by atoms with E-state index in [2.05, 4.69) is 27.4 Å². The lowest BCUT2D eigenvalue weighted by Gasteiger charge is -2.09. The Morgan fingerprint density at radius 3 is 2.71 bits per heavy atom. The molecule has 0 amide bonds. The fourth-order valence-electron chi connectivity index (χ4n) is 3.03. The molecule has 4 rings (SSSR count). The summed E-state index contributed by atoms with van der Waals surface area (Å²) in [4.78, 5) is 7.49. The van der Waals surface area contributed by atoms with E-state index in [-0.39, 0.29) is 18.2 Å². The zero-order valence-corrected chi connectivity index (χ0v) is 16.0. The molecule has 0 aliphatic carbocycles. The molecule has 0 saturated heterocycles. The van der Waals surface area contributed by atoms with Crippen molar-refractivity contribution in [2.45, 2.75) is 6.54 Å². The van der Waals surface area contributed by atoms with E-state index >= 15 is 0 Å². The van der Waals surface area contributed by atoms with E-state index < -0.39 is 0 Å². The molecular weight excluding hydrogens is 377 g/mol. The number of benzene rings is 2. The van der Waals surface area contributed by atoms with Crippen molar-refractivity contribution in [2.24, 2.45) is 0 Å². The first-order valence-corrected chi connectivity index (χ1v) is 8.89. The van der Waals surface area contributed by atoms with Crippen LogP contribution in [0.25, 0.3) is 22.0 Å². The molecule has 144 valence electrons. The number of para-hydroxylation sites is 1. The van der Waals surface area contributed by atoms with Crippen LogP contribution in [0.15, 0.2) is 73.2 Å². The van der Waals surface area contributed by atoms with Crippen LogP contribution in [0.1, 0.15) is 5.56 Å². The molecule has 28 heavy (non-hydrogen) atoms. The minimum Gasteiger partial charge on any atom is -0.490 e. The van der Waals surface area contributed by atoms with Crippen molar-refractivity contribution in [1.29, 1.82) is 0 Å². The zero-order valence-electron chi connectivity index (χ0n) is 15.2. The number of aromatic nitrogens is 2. The van der Waals surface area contributed by atoms with E-state index in [1.807, 2.05) is 30.6 Å². The van der Waals surface area contributed by atoms with Crippen LogP contribution in [-0.2, 0) is 6.54 Å². The van der Waals surface area contributed by atoms with Gasteiger partial charge in [0.15, 0.2) is 0 Å². The maximum atomic E-state index is 13.1. The topological polar surface area (TPSA) is 49.9 Å². The van der Waals surface area contributed by atoms with Gasteiger partial charge in [-0.25, -0.2) is 4.39 Å². The van der Waals surface area contributed by atoms with Gasteiger partial charge in [-0.3, -0.25) is 4.98 Å². The molecule has 0 aliphatic rings. The van der Waals surface area contributed by atoms with E-state index in [0.717, 1.165) is 39.9 Å². The molecule has 2 heterocycles. The molecule has 4 aromatic rings. The van der Waals surface area contributed by atoms with Crippen LogP contribution in [0.3, 0.4) is 0 Å². The standard InChI is InChI=1S/C22H20FN3O.ClH/c23-20-6-4-17(5-7-20)19-12-16(14-25-15-19)13-24-10-11-27-21-3-1-2-18-8-9-26-22(18)21;/h1-9,12,14-15,24,26H,10-11,13H2;1H. The lowest BCUT2D eigenvalue weighted by Crippen LogP contribution is -2.20. The second-order valence-electron chi connectivity index (χ2n) is 6.31. The number of H-pyrrole nitrogens is 1. The quantitative estimate of drug-likeness (QED) is 0.433. The predicted molar refractivity (Wildman–Crippen MR) is 112 cm³/mol. The predicted octanol–water partition coefficient (Wildman–Crippen LogP) is 4.96. The molecule has 0 spiro atoms. The highest BCUT2D eigenvalue weighted by atomic mass is 35.5. The molecule has 0 bridgehead atoms. The first kappa shape index (κ1) is 19.9. The lowest BCUT2D eigenvalue weighted by atomic mass is 10.1. The van der Waals surface area contributed by atoms with Crippen LogP contribution in [-0.4, -0.2) is 23.1 Å². The number of halogens is 2. The van der Waals surface area contributed by atoms with Crippen molar-refractivity contribution < 1.29 is 9.13 Å². The van der Waals surface area contributed by atoms with Gasteiger partial charge in [0, 0.05) is 42.6 Å². The minimum absolute atomic E-state index is 0. The van der Waals surface area contributed by atoms with Crippen LogP contribution in [0, 0.1) is 5.82 Å². The van der Waals surface area contributed by atoms with Gasteiger partial charge in [-0.15, -0.1) is 12.4 Å². The molecule has 0 atom stereocenters. The van der Waals surface area contributed by atoms with Gasteiger partial charge in [0.05, 0.1) is 5.52 Å². The minimum atomic E-state index is -0.237. The first-order valence-electron chi connectivity index (χ1n) is 8.89. The molecule has 0 radical (unpaired) electrons. The Kier molecular flexibility index (Phi) is 6.63. The molecule has 2 aromatic carbocycles. The second-order valence-corrected chi connectivity index (χ2v) is 6.31. The highest BCUT2D eigenvalue weighted by Gasteiger charge is 2.03. The zero-order chi connectivity index (χ0) is 18.5. The third kappa shape index (κ3) is 4.68. The molecule has 0 aliphatic heterocycles. The first-order chi connectivity index (χ1) is 13.3. The summed E-state index contributed by atoms with van der Waals surface area (Å²) in [6, 6.07) is 16.6. The van der Waals surface area contributed by atoms with Gasteiger partial charge in [0.2, 0.25) is 0 Å². The van der Waals surface area contributed by atoms with Gasteiger partial charge in [-0.1, -0.05) is 24.3 Å². The van der Waals surface area contributed by atoms with E-state index in [9.17, 15) is 4.39 Å². The van der Waals surface area contributed by atoms with Gasteiger partial charge in [-0.05, 0) is 41.5 Å². The van der Waals surface area contributed by atoms with E-state index in [4.69, 9.17) is 4.74 Å². The number of pyridine rings is 1. The third-order valence-corrected chi connectivity index (χ3v) is 4.39. The molecular formula is C22H21ClFN3O. The Hall–Kier alpha value is -2.89. The molecule has 2 N–H and O–H groups in total. The summed E-state index contributed by atoms with van der Waals surface area (Å²) in [5.74, 6) is 0.624. The average Bonchev–Trinajstić information content (AvgIpc) is 3.18. The molecule has 2 aromatic heterocycles. The fraction of sp³-hybridized carbons (Fsp3) is 0.136. The maximum absolute atomic E-state index is 13.1. The summed E-state index contributed by atoms with van der Waals surface area (Å²) in [5, 5.41) is 4.51.